The minimum absolute atomic E-state index is 0.0194. The second kappa shape index (κ2) is 8.73. The normalized spacial score (nSPS) is 15.7. The van der Waals surface area contributed by atoms with Crippen LogP contribution in [0.4, 0.5) is 10.1 Å². The molecule has 1 unspecified atom stereocenters. The van der Waals surface area contributed by atoms with Gasteiger partial charge in [0.1, 0.15) is 10.6 Å². The minimum atomic E-state index is -0.489. The zero-order valence-electron chi connectivity index (χ0n) is 16.6. The summed E-state index contributed by atoms with van der Waals surface area (Å²) in [6.07, 6.45) is 4.61. The van der Waals surface area contributed by atoms with Gasteiger partial charge in [-0.25, -0.2) is 9.37 Å². The number of amides is 1. The van der Waals surface area contributed by atoms with E-state index in [0.29, 0.717) is 23.0 Å². The van der Waals surface area contributed by atoms with E-state index in [4.69, 9.17) is 4.98 Å². The van der Waals surface area contributed by atoms with Gasteiger partial charge in [0.05, 0.1) is 16.8 Å². The van der Waals surface area contributed by atoms with Gasteiger partial charge in [-0.15, -0.1) is 17.9 Å². The quantitative estimate of drug-likeness (QED) is 0.343. The molecule has 4 rings (SSSR count). The van der Waals surface area contributed by atoms with E-state index in [1.807, 2.05) is 0 Å². The fourth-order valence-corrected chi connectivity index (χ4v) is 5.92. The summed E-state index contributed by atoms with van der Waals surface area (Å²) in [4.78, 5) is 32.3. The number of allylic oxidation sites excluding steroid dienone is 1. The number of para-hydroxylation sites is 1. The molecule has 1 aliphatic carbocycles. The Morgan fingerprint density at radius 3 is 3.03 bits per heavy atom. The van der Waals surface area contributed by atoms with Gasteiger partial charge in [0, 0.05) is 11.4 Å². The van der Waals surface area contributed by atoms with Gasteiger partial charge in [0.15, 0.2) is 5.16 Å². The number of anilines is 1. The predicted molar refractivity (Wildman–Crippen MR) is 121 cm³/mol. The van der Waals surface area contributed by atoms with E-state index >= 15 is 0 Å². The minimum Gasteiger partial charge on any atom is -0.323 e. The number of carbonyl (C=O) groups is 1. The van der Waals surface area contributed by atoms with Crippen LogP contribution >= 0.6 is 23.1 Å². The maximum absolute atomic E-state index is 13.8. The molecule has 0 saturated carbocycles. The lowest BCUT2D eigenvalue weighted by Gasteiger charge is -2.17. The molecule has 1 aromatic carbocycles. The van der Waals surface area contributed by atoms with Crippen LogP contribution in [0.5, 0.6) is 0 Å². The summed E-state index contributed by atoms with van der Waals surface area (Å²) in [5, 5.41) is 3.75. The van der Waals surface area contributed by atoms with Gasteiger partial charge in [0.25, 0.3) is 5.56 Å². The third kappa shape index (κ3) is 4.06. The number of halogens is 1. The third-order valence-electron chi connectivity index (χ3n) is 5.17. The average molecular weight is 444 g/mol. The van der Waals surface area contributed by atoms with Gasteiger partial charge in [-0.2, -0.15) is 0 Å². The number of nitrogens with one attached hydrogen (secondary N) is 1. The summed E-state index contributed by atoms with van der Waals surface area (Å²) in [7, 11) is 0. The lowest BCUT2D eigenvalue weighted by atomic mass is 9.89. The van der Waals surface area contributed by atoms with Gasteiger partial charge in [-0.3, -0.25) is 14.2 Å². The number of carbonyl (C=O) groups excluding carboxylic acids is 1. The van der Waals surface area contributed by atoms with Crippen LogP contribution in [0.15, 0.2) is 46.9 Å². The summed E-state index contributed by atoms with van der Waals surface area (Å²) in [6.45, 7) is 6.30. The van der Waals surface area contributed by atoms with Crippen LogP contribution in [0.3, 0.4) is 0 Å². The molecule has 0 saturated heterocycles. The van der Waals surface area contributed by atoms with E-state index in [9.17, 15) is 14.0 Å². The maximum atomic E-state index is 13.8. The van der Waals surface area contributed by atoms with E-state index < -0.39 is 5.82 Å². The number of fused-ring (bicyclic) bond motifs is 3. The van der Waals surface area contributed by atoms with Gasteiger partial charge in [-0.05, 0) is 42.9 Å². The maximum Gasteiger partial charge on any atom is 0.263 e. The number of benzene rings is 1. The molecule has 3 aromatic rings. The molecule has 1 N–H and O–H groups in total. The summed E-state index contributed by atoms with van der Waals surface area (Å²) in [5.41, 5.74) is 1.19. The largest absolute Gasteiger partial charge is 0.323 e. The molecule has 1 amide bonds. The monoisotopic (exact) mass is 443 g/mol. The summed E-state index contributed by atoms with van der Waals surface area (Å²) >= 11 is 2.76. The second-order valence-electron chi connectivity index (χ2n) is 7.45. The SMILES string of the molecule is C=CCn1c(SCC(=O)Nc2ccccc2F)nc2sc3c(c2c1=O)CCC(C)C3. The molecule has 5 nitrogen and oxygen atoms in total. The average Bonchev–Trinajstić information content (AvgIpc) is 3.08. The fraction of sp³-hybridized carbons (Fsp3) is 0.318. The van der Waals surface area contributed by atoms with Crippen molar-refractivity contribution in [3.63, 3.8) is 0 Å². The standard InChI is InChI=1S/C22H22FN3O2S2/c1-3-10-26-21(28)19-14-9-8-13(2)11-17(14)30-20(19)25-22(26)29-12-18(27)24-16-7-5-4-6-15(16)23/h3-7,13H,1,8-12H2,2H3,(H,24,27). The van der Waals surface area contributed by atoms with Crippen molar-refractivity contribution in [2.45, 2.75) is 37.9 Å². The summed E-state index contributed by atoms with van der Waals surface area (Å²) in [5.74, 6) is -0.218. The van der Waals surface area contributed by atoms with Gasteiger partial charge in [-0.1, -0.05) is 36.9 Å². The molecule has 0 fully saturated rings. The lowest BCUT2D eigenvalue weighted by Crippen LogP contribution is -2.24. The molecule has 0 radical (unpaired) electrons. The summed E-state index contributed by atoms with van der Waals surface area (Å²) < 4.78 is 15.3. The molecule has 2 heterocycles. The highest BCUT2D eigenvalue weighted by molar-refractivity contribution is 7.99. The van der Waals surface area contributed by atoms with Crippen LogP contribution in [0.1, 0.15) is 23.8 Å². The Morgan fingerprint density at radius 1 is 1.47 bits per heavy atom. The zero-order chi connectivity index (χ0) is 21.3. The summed E-state index contributed by atoms with van der Waals surface area (Å²) in [6, 6.07) is 6.02. The van der Waals surface area contributed by atoms with Gasteiger partial charge >= 0.3 is 0 Å². The molecule has 1 atom stereocenters. The first-order valence-corrected chi connectivity index (χ1v) is 11.6. The number of hydrogen-bond donors (Lipinski definition) is 1. The first-order chi connectivity index (χ1) is 14.5. The van der Waals surface area contributed by atoms with Crippen molar-refractivity contribution in [3.05, 3.63) is 63.5 Å². The Bertz CT molecular complexity index is 1190. The topological polar surface area (TPSA) is 64.0 Å². The van der Waals surface area contributed by atoms with E-state index in [1.54, 1.807) is 34.1 Å². The number of thiophene rings is 1. The highest BCUT2D eigenvalue weighted by atomic mass is 32.2. The first-order valence-electron chi connectivity index (χ1n) is 9.81. The van der Waals surface area contributed by atoms with Crippen LogP contribution in [0.25, 0.3) is 10.2 Å². The zero-order valence-corrected chi connectivity index (χ0v) is 18.2. The highest BCUT2D eigenvalue weighted by Crippen LogP contribution is 2.36. The van der Waals surface area contributed by atoms with E-state index in [1.165, 1.54) is 28.8 Å². The number of aryl methyl sites for hydroxylation is 1. The van der Waals surface area contributed by atoms with Crippen LogP contribution in [0, 0.1) is 11.7 Å². The van der Waals surface area contributed by atoms with Crippen molar-refractivity contribution in [2.75, 3.05) is 11.1 Å². The second-order valence-corrected chi connectivity index (χ2v) is 9.47. The number of hydrogen-bond acceptors (Lipinski definition) is 5. The molecular formula is C22H22FN3O2S2. The number of thioether (sulfide) groups is 1. The molecule has 0 aliphatic heterocycles. The fourth-order valence-electron chi connectivity index (χ4n) is 3.68. The Labute approximate surface area is 182 Å². The Balaban J connectivity index is 1.62. The lowest BCUT2D eigenvalue weighted by molar-refractivity contribution is -0.113. The van der Waals surface area contributed by atoms with Crippen molar-refractivity contribution in [2.24, 2.45) is 5.92 Å². The van der Waals surface area contributed by atoms with Crippen LogP contribution in [0.2, 0.25) is 0 Å². The molecule has 30 heavy (non-hydrogen) atoms. The molecule has 0 bridgehead atoms. The first kappa shape index (κ1) is 20.8. The number of nitrogens with zero attached hydrogens (tertiary/aromatic N) is 2. The van der Waals surface area contributed by atoms with Crippen molar-refractivity contribution in [1.82, 2.24) is 9.55 Å². The molecule has 2 aromatic heterocycles. The van der Waals surface area contributed by atoms with Crippen LogP contribution in [-0.4, -0.2) is 21.2 Å². The Morgan fingerprint density at radius 2 is 2.27 bits per heavy atom. The Hall–Kier alpha value is -2.45. The Kier molecular flexibility index (Phi) is 6.06. The van der Waals surface area contributed by atoms with Crippen molar-refractivity contribution >= 4 is 44.9 Å². The molecule has 1 aliphatic rings. The van der Waals surface area contributed by atoms with Gasteiger partial charge < -0.3 is 5.32 Å². The van der Waals surface area contributed by atoms with Crippen LogP contribution in [-0.2, 0) is 24.2 Å². The predicted octanol–water partition coefficient (Wildman–Crippen LogP) is 4.64. The molecule has 0 spiro atoms. The molecular weight excluding hydrogens is 421 g/mol. The smallest absolute Gasteiger partial charge is 0.263 e. The van der Waals surface area contributed by atoms with E-state index in [0.717, 1.165) is 29.7 Å². The van der Waals surface area contributed by atoms with E-state index in [-0.39, 0.29) is 22.9 Å². The van der Waals surface area contributed by atoms with Crippen molar-refractivity contribution in [1.29, 1.82) is 0 Å². The van der Waals surface area contributed by atoms with Gasteiger partial charge in [0.2, 0.25) is 5.91 Å². The number of rotatable bonds is 6. The van der Waals surface area contributed by atoms with Crippen molar-refractivity contribution in [3.8, 4) is 0 Å². The van der Waals surface area contributed by atoms with Crippen molar-refractivity contribution < 1.29 is 9.18 Å². The van der Waals surface area contributed by atoms with E-state index in [2.05, 4.69) is 18.8 Å². The third-order valence-corrected chi connectivity index (χ3v) is 7.30. The van der Waals surface area contributed by atoms with Crippen LogP contribution < -0.4 is 10.9 Å². The molecule has 156 valence electrons. The molecule has 8 heteroatoms. The highest BCUT2D eigenvalue weighted by Gasteiger charge is 2.24. The number of aromatic nitrogens is 2.